The zero-order valence-electron chi connectivity index (χ0n) is 15.2. The topological polar surface area (TPSA) is 29.5 Å². The highest BCUT2D eigenvalue weighted by Gasteiger charge is 2.35. The molecule has 1 amide bonds. The Balaban J connectivity index is 1.78. The quantitative estimate of drug-likeness (QED) is 0.558. The summed E-state index contributed by atoms with van der Waals surface area (Å²) in [5, 5.41) is 0. The van der Waals surface area contributed by atoms with Crippen LogP contribution in [0.3, 0.4) is 0 Å². The van der Waals surface area contributed by atoms with Crippen LogP contribution in [0.1, 0.15) is 56.2 Å². The first-order valence-electron chi connectivity index (χ1n) is 9.43. The SMILES string of the molecule is CCC[C@@H]1CCC[C@@H](c2ccc(Br)cc2)N1C(=O)OCc1ccccc1. The Labute approximate surface area is 164 Å². The van der Waals surface area contributed by atoms with Crippen molar-refractivity contribution in [3.8, 4) is 0 Å². The highest BCUT2D eigenvalue weighted by atomic mass is 79.9. The number of nitrogens with zero attached hydrogens (tertiary/aromatic N) is 1. The van der Waals surface area contributed by atoms with Gasteiger partial charge in [-0.3, -0.25) is 4.90 Å². The third-order valence-electron chi connectivity index (χ3n) is 5.04. The molecule has 1 aliphatic rings. The number of amides is 1. The van der Waals surface area contributed by atoms with Gasteiger partial charge in [-0.05, 0) is 48.9 Å². The third-order valence-corrected chi connectivity index (χ3v) is 5.57. The standard InChI is InChI=1S/C22H26BrNO2/c1-2-7-20-10-6-11-21(18-12-14-19(23)15-13-18)24(20)22(25)26-16-17-8-4-3-5-9-17/h3-5,8-9,12-15,20-21H,2,6-7,10-11,16H2,1H3/t20-,21+/m1/s1. The molecule has 0 aliphatic carbocycles. The van der Waals surface area contributed by atoms with E-state index in [-0.39, 0.29) is 18.2 Å². The second kappa shape index (κ2) is 9.22. The monoisotopic (exact) mass is 415 g/mol. The zero-order chi connectivity index (χ0) is 18.4. The Morgan fingerprint density at radius 2 is 1.85 bits per heavy atom. The summed E-state index contributed by atoms with van der Waals surface area (Å²) in [4.78, 5) is 15.0. The third kappa shape index (κ3) is 4.67. The van der Waals surface area contributed by atoms with Gasteiger partial charge in [0.15, 0.2) is 0 Å². The molecule has 1 fully saturated rings. The number of ether oxygens (including phenoxy) is 1. The molecule has 3 rings (SSSR count). The molecule has 0 spiro atoms. The van der Waals surface area contributed by atoms with E-state index in [1.807, 2.05) is 47.4 Å². The average molecular weight is 416 g/mol. The van der Waals surface area contributed by atoms with E-state index in [0.717, 1.165) is 42.1 Å². The van der Waals surface area contributed by atoms with Gasteiger partial charge in [-0.25, -0.2) is 4.79 Å². The molecular formula is C22H26BrNO2. The van der Waals surface area contributed by atoms with Gasteiger partial charge in [0, 0.05) is 10.5 Å². The maximum atomic E-state index is 13.0. The summed E-state index contributed by atoms with van der Waals surface area (Å²) in [5.41, 5.74) is 2.20. The number of carbonyl (C=O) groups excluding carboxylic acids is 1. The molecule has 0 aromatic heterocycles. The number of benzene rings is 2. The molecule has 0 unspecified atom stereocenters. The van der Waals surface area contributed by atoms with E-state index < -0.39 is 0 Å². The van der Waals surface area contributed by atoms with E-state index in [9.17, 15) is 4.79 Å². The molecule has 1 saturated heterocycles. The number of likely N-dealkylation sites (tertiary alicyclic amines) is 1. The van der Waals surface area contributed by atoms with Crippen molar-refractivity contribution in [1.29, 1.82) is 0 Å². The zero-order valence-corrected chi connectivity index (χ0v) is 16.8. The summed E-state index contributed by atoms with van der Waals surface area (Å²) in [5.74, 6) is 0. The lowest BCUT2D eigenvalue weighted by Gasteiger charge is -2.41. The van der Waals surface area contributed by atoms with Gasteiger partial charge in [-0.1, -0.05) is 71.7 Å². The molecule has 2 atom stereocenters. The number of hydrogen-bond acceptors (Lipinski definition) is 2. The van der Waals surface area contributed by atoms with Crippen molar-refractivity contribution in [1.82, 2.24) is 4.90 Å². The molecule has 3 nitrogen and oxygen atoms in total. The van der Waals surface area contributed by atoms with E-state index in [1.165, 1.54) is 5.56 Å². The lowest BCUT2D eigenvalue weighted by atomic mass is 9.89. The molecule has 0 bridgehead atoms. The van der Waals surface area contributed by atoms with E-state index in [2.05, 4.69) is 35.0 Å². The van der Waals surface area contributed by atoms with E-state index >= 15 is 0 Å². The van der Waals surface area contributed by atoms with Gasteiger partial charge < -0.3 is 4.74 Å². The van der Waals surface area contributed by atoms with Crippen molar-refractivity contribution in [2.24, 2.45) is 0 Å². The van der Waals surface area contributed by atoms with Crippen LogP contribution in [0.5, 0.6) is 0 Å². The van der Waals surface area contributed by atoms with Crippen molar-refractivity contribution in [2.75, 3.05) is 0 Å². The largest absolute Gasteiger partial charge is 0.445 e. The second-order valence-corrected chi connectivity index (χ2v) is 7.80. The van der Waals surface area contributed by atoms with E-state index in [0.29, 0.717) is 6.61 Å². The number of hydrogen-bond donors (Lipinski definition) is 0. The minimum Gasteiger partial charge on any atom is -0.445 e. The average Bonchev–Trinajstić information content (AvgIpc) is 2.68. The minimum atomic E-state index is -0.195. The maximum absolute atomic E-state index is 13.0. The van der Waals surface area contributed by atoms with Crippen molar-refractivity contribution >= 4 is 22.0 Å². The maximum Gasteiger partial charge on any atom is 0.410 e. The normalized spacial score (nSPS) is 20.0. The highest BCUT2D eigenvalue weighted by Crippen LogP contribution is 2.37. The van der Waals surface area contributed by atoms with Crippen LogP contribution in [0.25, 0.3) is 0 Å². The summed E-state index contributed by atoms with van der Waals surface area (Å²) in [6.45, 7) is 2.50. The Hall–Kier alpha value is -1.81. The molecule has 1 heterocycles. The van der Waals surface area contributed by atoms with Crippen LogP contribution in [0.2, 0.25) is 0 Å². The molecule has 138 valence electrons. The van der Waals surface area contributed by atoms with Crippen LogP contribution < -0.4 is 0 Å². The van der Waals surface area contributed by atoms with Gasteiger partial charge in [0.2, 0.25) is 0 Å². The first kappa shape index (κ1) is 19.0. The van der Waals surface area contributed by atoms with Gasteiger partial charge in [0.1, 0.15) is 6.61 Å². The number of piperidine rings is 1. The van der Waals surface area contributed by atoms with Crippen molar-refractivity contribution in [3.63, 3.8) is 0 Å². The smallest absolute Gasteiger partial charge is 0.410 e. The molecule has 2 aromatic carbocycles. The molecule has 2 aromatic rings. The molecular weight excluding hydrogens is 390 g/mol. The summed E-state index contributed by atoms with van der Waals surface area (Å²) in [6.07, 6.45) is 5.09. The summed E-state index contributed by atoms with van der Waals surface area (Å²) in [6, 6.07) is 18.5. The van der Waals surface area contributed by atoms with Crippen LogP contribution in [0.4, 0.5) is 4.79 Å². The fourth-order valence-electron chi connectivity index (χ4n) is 3.78. The van der Waals surface area contributed by atoms with Crippen LogP contribution in [0, 0.1) is 0 Å². The molecule has 0 radical (unpaired) electrons. The number of carbonyl (C=O) groups is 1. The van der Waals surface area contributed by atoms with E-state index in [1.54, 1.807) is 0 Å². The predicted molar refractivity (Wildman–Crippen MR) is 108 cm³/mol. The molecule has 4 heteroatoms. The predicted octanol–water partition coefficient (Wildman–Crippen LogP) is 6.48. The van der Waals surface area contributed by atoms with Crippen LogP contribution >= 0.6 is 15.9 Å². The van der Waals surface area contributed by atoms with Gasteiger partial charge in [-0.2, -0.15) is 0 Å². The minimum absolute atomic E-state index is 0.0941. The summed E-state index contributed by atoms with van der Waals surface area (Å²) >= 11 is 3.50. The van der Waals surface area contributed by atoms with Crippen molar-refractivity contribution in [3.05, 3.63) is 70.2 Å². The van der Waals surface area contributed by atoms with Gasteiger partial charge in [0.25, 0.3) is 0 Å². The molecule has 0 N–H and O–H groups in total. The van der Waals surface area contributed by atoms with Crippen LogP contribution in [0.15, 0.2) is 59.1 Å². The van der Waals surface area contributed by atoms with Crippen LogP contribution in [-0.4, -0.2) is 17.0 Å². The molecule has 1 aliphatic heterocycles. The number of halogens is 1. The lowest BCUT2D eigenvalue weighted by Crippen LogP contribution is -2.45. The molecule has 26 heavy (non-hydrogen) atoms. The van der Waals surface area contributed by atoms with Gasteiger partial charge in [-0.15, -0.1) is 0 Å². The fourth-order valence-corrected chi connectivity index (χ4v) is 4.04. The van der Waals surface area contributed by atoms with E-state index in [4.69, 9.17) is 4.74 Å². The fraction of sp³-hybridized carbons (Fsp3) is 0.409. The number of rotatable bonds is 5. The van der Waals surface area contributed by atoms with Crippen LogP contribution in [-0.2, 0) is 11.3 Å². The van der Waals surface area contributed by atoms with Crippen molar-refractivity contribution < 1.29 is 9.53 Å². The second-order valence-electron chi connectivity index (χ2n) is 6.89. The summed E-state index contributed by atoms with van der Waals surface area (Å²) in [7, 11) is 0. The Morgan fingerprint density at radius 3 is 2.54 bits per heavy atom. The Morgan fingerprint density at radius 1 is 1.12 bits per heavy atom. The van der Waals surface area contributed by atoms with Crippen molar-refractivity contribution in [2.45, 2.75) is 57.7 Å². The molecule has 0 saturated carbocycles. The Bertz CT molecular complexity index is 700. The highest BCUT2D eigenvalue weighted by molar-refractivity contribution is 9.10. The first-order valence-corrected chi connectivity index (χ1v) is 10.2. The lowest BCUT2D eigenvalue weighted by molar-refractivity contribution is 0.0384. The van der Waals surface area contributed by atoms with Gasteiger partial charge in [0.05, 0.1) is 6.04 Å². The first-order chi connectivity index (χ1) is 12.7. The summed E-state index contributed by atoms with van der Waals surface area (Å²) < 4.78 is 6.75. The van der Waals surface area contributed by atoms with Gasteiger partial charge >= 0.3 is 6.09 Å². The Kier molecular flexibility index (Phi) is 6.73.